The molecule has 0 aromatic heterocycles. The van der Waals surface area contributed by atoms with Gasteiger partial charge in [0.15, 0.2) is 0 Å². The zero-order valence-corrected chi connectivity index (χ0v) is 11.8. The first-order chi connectivity index (χ1) is 9.08. The molecule has 3 heteroatoms. The van der Waals surface area contributed by atoms with Crippen LogP contribution in [0.15, 0.2) is 30.3 Å². The molecule has 1 aromatic rings. The van der Waals surface area contributed by atoms with Gasteiger partial charge in [0.25, 0.3) is 0 Å². The fraction of sp³-hybridized carbons (Fsp3) is 0.562. The second kappa shape index (κ2) is 6.20. The van der Waals surface area contributed by atoms with Crippen molar-refractivity contribution in [2.24, 2.45) is 17.6 Å². The van der Waals surface area contributed by atoms with Crippen LogP contribution in [0.25, 0.3) is 0 Å². The van der Waals surface area contributed by atoms with E-state index >= 15 is 0 Å². The molecule has 1 amide bonds. The van der Waals surface area contributed by atoms with Gasteiger partial charge in [0.05, 0.1) is 0 Å². The Morgan fingerprint density at radius 2 is 1.89 bits per heavy atom. The normalized spacial score (nSPS) is 28.7. The fourth-order valence-corrected chi connectivity index (χ4v) is 2.78. The van der Waals surface area contributed by atoms with Crippen LogP contribution in [0.3, 0.4) is 0 Å². The molecule has 0 saturated heterocycles. The summed E-state index contributed by atoms with van der Waals surface area (Å²) >= 11 is 0. The largest absolute Gasteiger partial charge is 0.352 e. The minimum atomic E-state index is -0.559. The Labute approximate surface area is 115 Å². The Bertz CT molecular complexity index is 418. The molecule has 2 rings (SSSR count). The highest BCUT2D eigenvalue weighted by Crippen LogP contribution is 2.29. The van der Waals surface area contributed by atoms with E-state index in [1.807, 2.05) is 30.3 Å². The molecule has 3 unspecified atom stereocenters. The molecule has 3 nitrogen and oxygen atoms in total. The number of rotatable bonds is 3. The highest BCUT2D eigenvalue weighted by Gasteiger charge is 2.27. The number of benzene rings is 1. The third-order valence-electron chi connectivity index (χ3n) is 4.39. The molecule has 0 bridgehead atoms. The van der Waals surface area contributed by atoms with E-state index in [9.17, 15) is 4.79 Å². The van der Waals surface area contributed by atoms with E-state index in [2.05, 4.69) is 19.2 Å². The van der Waals surface area contributed by atoms with Crippen molar-refractivity contribution in [2.75, 3.05) is 0 Å². The average molecular weight is 260 g/mol. The van der Waals surface area contributed by atoms with Crippen LogP contribution in [0.1, 0.15) is 44.7 Å². The van der Waals surface area contributed by atoms with Gasteiger partial charge in [0.1, 0.15) is 6.04 Å². The van der Waals surface area contributed by atoms with Gasteiger partial charge in [-0.1, -0.05) is 44.2 Å². The van der Waals surface area contributed by atoms with Crippen molar-refractivity contribution in [3.8, 4) is 0 Å². The highest BCUT2D eigenvalue weighted by atomic mass is 16.2. The summed E-state index contributed by atoms with van der Waals surface area (Å²) in [6, 6.07) is 9.27. The van der Waals surface area contributed by atoms with E-state index < -0.39 is 6.04 Å². The molecule has 0 heterocycles. The number of hydrogen-bond donors (Lipinski definition) is 2. The molecular formula is C16H24N2O. The van der Waals surface area contributed by atoms with Crippen molar-refractivity contribution in [1.29, 1.82) is 0 Å². The Kier molecular flexibility index (Phi) is 4.59. The molecule has 1 saturated carbocycles. The second-order valence-electron chi connectivity index (χ2n) is 5.86. The number of carbonyl (C=O) groups is 1. The maximum absolute atomic E-state index is 12.2. The lowest BCUT2D eigenvalue weighted by Crippen LogP contribution is -2.43. The molecule has 1 aliphatic carbocycles. The fourth-order valence-electron chi connectivity index (χ4n) is 2.78. The third kappa shape index (κ3) is 3.57. The van der Waals surface area contributed by atoms with Crippen molar-refractivity contribution in [2.45, 2.75) is 45.2 Å². The molecule has 1 fully saturated rings. The summed E-state index contributed by atoms with van der Waals surface area (Å²) in [5.74, 6) is 1.38. The molecule has 19 heavy (non-hydrogen) atoms. The van der Waals surface area contributed by atoms with E-state index in [1.165, 1.54) is 6.42 Å². The lowest BCUT2D eigenvalue weighted by Gasteiger charge is -2.33. The maximum Gasteiger partial charge on any atom is 0.241 e. The van der Waals surface area contributed by atoms with Gasteiger partial charge in [0, 0.05) is 6.04 Å². The summed E-state index contributed by atoms with van der Waals surface area (Å²) in [5, 5.41) is 3.10. The van der Waals surface area contributed by atoms with E-state index in [1.54, 1.807) is 0 Å². The summed E-state index contributed by atoms with van der Waals surface area (Å²) in [5.41, 5.74) is 6.88. The third-order valence-corrected chi connectivity index (χ3v) is 4.39. The lowest BCUT2D eigenvalue weighted by atomic mass is 9.79. The van der Waals surface area contributed by atoms with Crippen molar-refractivity contribution >= 4 is 5.91 Å². The van der Waals surface area contributed by atoms with Gasteiger partial charge in [-0.05, 0) is 36.7 Å². The van der Waals surface area contributed by atoms with Crippen molar-refractivity contribution in [1.82, 2.24) is 5.32 Å². The number of amides is 1. The molecule has 1 aliphatic rings. The second-order valence-corrected chi connectivity index (χ2v) is 5.86. The topological polar surface area (TPSA) is 55.1 Å². The smallest absolute Gasteiger partial charge is 0.241 e. The highest BCUT2D eigenvalue weighted by molar-refractivity contribution is 5.83. The molecular weight excluding hydrogens is 236 g/mol. The van der Waals surface area contributed by atoms with E-state index in [4.69, 9.17) is 5.73 Å². The molecule has 4 atom stereocenters. The van der Waals surface area contributed by atoms with Crippen LogP contribution in [-0.2, 0) is 4.79 Å². The quantitative estimate of drug-likeness (QED) is 0.877. The maximum atomic E-state index is 12.2. The van der Waals surface area contributed by atoms with Gasteiger partial charge in [-0.3, -0.25) is 4.79 Å². The van der Waals surface area contributed by atoms with Crippen LogP contribution in [0, 0.1) is 11.8 Å². The summed E-state index contributed by atoms with van der Waals surface area (Å²) in [4.78, 5) is 12.2. The first-order valence-electron chi connectivity index (χ1n) is 7.19. The van der Waals surface area contributed by atoms with Crippen LogP contribution in [-0.4, -0.2) is 11.9 Å². The summed E-state index contributed by atoms with van der Waals surface area (Å²) in [6.45, 7) is 4.55. The number of nitrogens with two attached hydrogens (primary N) is 1. The van der Waals surface area contributed by atoms with E-state index in [-0.39, 0.29) is 11.9 Å². The van der Waals surface area contributed by atoms with Crippen LogP contribution in [0.4, 0.5) is 0 Å². The number of carbonyl (C=O) groups excluding carboxylic acids is 1. The van der Waals surface area contributed by atoms with Gasteiger partial charge in [-0.2, -0.15) is 0 Å². The minimum absolute atomic E-state index is 0.0575. The van der Waals surface area contributed by atoms with Crippen molar-refractivity contribution in [3.63, 3.8) is 0 Å². The first-order valence-corrected chi connectivity index (χ1v) is 7.19. The van der Waals surface area contributed by atoms with Crippen molar-refractivity contribution < 1.29 is 4.79 Å². The van der Waals surface area contributed by atoms with Crippen LogP contribution < -0.4 is 11.1 Å². The van der Waals surface area contributed by atoms with Gasteiger partial charge in [0.2, 0.25) is 5.91 Å². The molecule has 0 aliphatic heterocycles. The lowest BCUT2D eigenvalue weighted by molar-refractivity contribution is -0.123. The van der Waals surface area contributed by atoms with Gasteiger partial charge >= 0.3 is 0 Å². The van der Waals surface area contributed by atoms with Crippen molar-refractivity contribution in [3.05, 3.63) is 35.9 Å². The molecule has 104 valence electrons. The van der Waals surface area contributed by atoms with Gasteiger partial charge < -0.3 is 11.1 Å². The van der Waals surface area contributed by atoms with Crippen LogP contribution in [0.2, 0.25) is 0 Å². The monoisotopic (exact) mass is 260 g/mol. The van der Waals surface area contributed by atoms with E-state index in [0.717, 1.165) is 24.3 Å². The number of hydrogen-bond acceptors (Lipinski definition) is 2. The summed E-state index contributed by atoms with van der Waals surface area (Å²) in [7, 11) is 0. The van der Waals surface area contributed by atoms with Crippen LogP contribution >= 0.6 is 0 Å². The predicted octanol–water partition coefficient (Wildman–Crippen LogP) is 2.63. The zero-order valence-electron chi connectivity index (χ0n) is 11.8. The Hall–Kier alpha value is -1.35. The number of nitrogens with one attached hydrogen (secondary N) is 1. The standard InChI is InChI=1S/C16H24N2O/c1-11-8-9-14(10-12(11)2)18-16(19)15(17)13-6-4-3-5-7-13/h3-7,11-12,14-15H,8-10,17H2,1-2H3,(H,18,19)/t11?,12?,14?,15-/m0/s1. The Morgan fingerprint density at radius 3 is 2.53 bits per heavy atom. The zero-order chi connectivity index (χ0) is 13.8. The summed E-state index contributed by atoms with van der Waals surface area (Å²) < 4.78 is 0. The first kappa shape index (κ1) is 14.1. The molecule has 1 aromatic carbocycles. The molecule has 0 spiro atoms. The SMILES string of the molecule is CC1CCC(NC(=O)[C@@H](N)c2ccccc2)CC1C. The van der Waals surface area contributed by atoms with Crippen LogP contribution in [0.5, 0.6) is 0 Å². The Morgan fingerprint density at radius 1 is 1.21 bits per heavy atom. The van der Waals surface area contributed by atoms with Gasteiger partial charge in [-0.25, -0.2) is 0 Å². The molecule has 0 radical (unpaired) electrons. The van der Waals surface area contributed by atoms with Gasteiger partial charge in [-0.15, -0.1) is 0 Å². The molecule has 3 N–H and O–H groups in total. The minimum Gasteiger partial charge on any atom is -0.352 e. The predicted molar refractivity (Wildman–Crippen MR) is 77.5 cm³/mol. The average Bonchev–Trinajstić information content (AvgIpc) is 2.43. The summed E-state index contributed by atoms with van der Waals surface area (Å²) in [6.07, 6.45) is 3.32. The Balaban J connectivity index is 1.91. The van der Waals surface area contributed by atoms with E-state index in [0.29, 0.717) is 5.92 Å².